The molecule has 9 aromatic rings. The first kappa shape index (κ1) is 36.4. The molecule has 0 aliphatic heterocycles. The standard InChI is InChI=1S/C59H49N/c1-59(56-26-13-24-52-50-21-8-7-17-44(50)32-35-53(52)56)38-36-49(37-39-59)60(48-33-30-42(31-34-48)47-29-28-41-14-5-6-18-46(41)40-47)57-27-10-9-22-54(57)55-25-12-20-45-19-11-23-51(58(45)55)43-15-3-2-4-16-43/h5-14,17-38,40,43H,2-4,15-16,39H2,1H3. The van der Waals surface area contributed by atoms with Crippen molar-refractivity contribution < 1.29 is 0 Å². The lowest BCUT2D eigenvalue weighted by molar-refractivity contribution is 0.445. The Labute approximate surface area is 353 Å². The number of rotatable bonds is 7. The van der Waals surface area contributed by atoms with Gasteiger partial charge in [-0.1, -0.05) is 196 Å². The molecule has 2 aliphatic rings. The lowest BCUT2D eigenvalue weighted by Gasteiger charge is -2.35. The first-order valence-electron chi connectivity index (χ1n) is 21.9. The van der Waals surface area contributed by atoms with E-state index in [-0.39, 0.29) is 5.41 Å². The summed E-state index contributed by atoms with van der Waals surface area (Å²) in [6, 6.07) is 67.9. The zero-order valence-corrected chi connectivity index (χ0v) is 34.3. The number of nitrogens with zero attached hydrogens (tertiary/aromatic N) is 1. The van der Waals surface area contributed by atoms with Gasteiger partial charge in [-0.15, -0.1) is 0 Å². The van der Waals surface area contributed by atoms with Gasteiger partial charge in [0.2, 0.25) is 0 Å². The van der Waals surface area contributed by atoms with Crippen molar-refractivity contribution in [3.05, 3.63) is 217 Å². The van der Waals surface area contributed by atoms with Crippen LogP contribution in [0, 0.1) is 0 Å². The summed E-state index contributed by atoms with van der Waals surface area (Å²) in [5.41, 5.74) is 11.3. The third kappa shape index (κ3) is 6.41. The van der Waals surface area contributed by atoms with Crippen LogP contribution in [0.3, 0.4) is 0 Å². The highest BCUT2D eigenvalue weighted by molar-refractivity contribution is 6.09. The molecule has 1 nitrogen and oxygen atoms in total. The first-order valence-corrected chi connectivity index (χ1v) is 21.9. The van der Waals surface area contributed by atoms with Gasteiger partial charge in [-0.3, -0.25) is 0 Å². The number of fused-ring (bicyclic) bond motifs is 5. The second kappa shape index (κ2) is 15.2. The normalized spacial score (nSPS) is 17.1. The summed E-state index contributed by atoms with van der Waals surface area (Å²) in [5, 5.41) is 10.5. The smallest absolute Gasteiger partial charge is 0.0540 e. The van der Waals surface area contributed by atoms with Gasteiger partial charge in [0.1, 0.15) is 0 Å². The van der Waals surface area contributed by atoms with E-state index < -0.39 is 0 Å². The summed E-state index contributed by atoms with van der Waals surface area (Å²) in [6.45, 7) is 2.40. The number of hydrogen-bond donors (Lipinski definition) is 0. The van der Waals surface area contributed by atoms with Crippen LogP contribution in [0.5, 0.6) is 0 Å². The molecule has 290 valence electrons. The molecule has 0 bridgehead atoms. The molecule has 0 aromatic heterocycles. The number of hydrogen-bond acceptors (Lipinski definition) is 1. The zero-order valence-electron chi connectivity index (χ0n) is 34.3. The summed E-state index contributed by atoms with van der Waals surface area (Å²) in [6.07, 6.45) is 14.7. The lowest BCUT2D eigenvalue weighted by atomic mass is 9.74. The van der Waals surface area contributed by atoms with Gasteiger partial charge in [0.25, 0.3) is 0 Å². The number of para-hydroxylation sites is 1. The average molecular weight is 772 g/mol. The summed E-state index contributed by atoms with van der Waals surface area (Å²) in [5.74, 6) is 0.600. The maximum Gasteiger partial charge on any atom is 0.0540 e. The Balaban J connectivity index is 1.04. The van der Waals surface area contributed by atoms with Gasteiger partial charge in [0.15, 0.2) is 0 Å². The second-order valence-electron chi connectivity index (χ2n) is 17.3. The highest BCUT2D eigenvalue weighted by Gasteiger charge is 2.30. The van der Waals surface area contributed by atoms with Gasteiger partial charge in [-0.25, -0.2) is 0 Å². The van der Waals surface area contributed by atoms with Crippen molar-refractivity contribution in [2.45, 2.75) is 56.8 Å². The lowest BCUT2D eigenvalue weighted by Crippen LogP contribution is -2.25. The van der Waals surface area contributed by atoms with Crippen LogP contribution in [0.15, 0.2) is 206 Å². The fourth-order valence-electron chi connectivity index (χ4n) is 10.5. The number of anilines is 2. The van der Waals surface area contributed by atoms with E-state index >= 15 is 0 Å². The molecule has 0 heterocycles. The molecule has 0 spiro atoms. The van der Waals surface area contributed by atoms with E-state index in [2.05, 4.69) is 212 Å². The van der Waals surface area contributed by atoms with Crippen LogP contribution in [-0.2, 0) is 5.41 Å². The molecule has 0 amide bonds. The second-order valence-corrected chi connectivity index (χ2v) is 17.3. The van der Waals surface area contributed by atoms with Crippen LogP contribution >= 0.6 is 0 Å². The molecule has 1 atom stereocenters. The fourth-order valence-corrected chi connectivity index (χ4v) is 10.5. The molecule has 11 rings (SSSR count). The van der Waals surface area contributed by atoms with E-state index in [1.807, 2.05) is 0 Å². The van der Waals surface area contributed by atoms with Crippen LogP contribution in [0.1, 0.15) is 62.5 Å². The number of allylic oxidation sites excluding steroid dienone is 3. The Hall–Kier alpha value is -6.70. The molecule has 0 N–H and O–H groups in total. The van der Waals surface area contributed by atoms with Gasteiger partial charge in [-0.05, 0) is 126 Å². The highest BCUT2D eigenvalue weighted by Crippen LogP contribution is 2.47. The van der Waals surface area contributed by atoms with E-state index in [4.69, 9.17) is 0 Å². The minimum atomic E-state index is -0.166. The predicted octanol–water partition coefficient (Wildman–Crippen LogP) is 16.6. The van der Waals surface area contributed by atoms with E-state index in [9.17, 15) is 0 Å². The molecule has 1 saturated carbocycles. The molecule has 0 saturated heterocycles. The maximum absolute atomic E-state index is 2.51. The molecule has 2 aliphatic carbocycles. The van der Waals surface area contributed by atoms with Crippen molar-refractivity contribution in [1.82, 2.24) is 0 Å². The van der Waals surface area contributed by atoms with Gasteiger partial charge in [0.05, 0.1) is 5.69 Å². The summed E-state index contributed by atoms with van der Waals surface area (Å²) in [7, 11) is 0. The molecular weight excluding hydrogens is 723 g/mol. The molecule has 1 unspecified atom stereocenters. The Morgan fingerprint density at radius 3 is 2.00 bits per heavy atom. The molecular formula is C59H49N. The van der Waals surface area contributed by atoms with E-state index in [1.165, 1.54) is 120 Å². The number of benzene rings is 9. The minimum absolute atomic E-state index is 0.166. The van der Waals surface area contributed by atoms with Crippen molar-refractivity contribution in [2.75, 3.05) is 4.90 Å². The minimum Gasteiger partial charge on any atom is -0.310 e. The van der Waals surface area contributed by atoms with Gasteiger partial charge >= 0.3 is 0 Å². The Morgan fingerprint density at radius 2 is 1.17 bits per heavy atom. The first-order chi connectivity index (χ1) is 29.6. The van der Waals surface area contributed by atoms with Crippen LogP contribution in [0.25, 0.3) is 65.3 Å². The molecule has 60 heavy (non-hydrogen) atoms. The van der Waals surface area contributed by atoms with Crippen LogP contribution in [0.2, 0.25) is 0 Å². The molecule has 1 heteroatoms. The Bertz CT molecular complexity index is 3120. The molecule has 1 fully saturated rings. The van der Waals surface area contributed by atoms with Crippen molar-refractivity contribution in [3.63, 3.8) is 0 Å². The van der Waals surface area contributed by atoms with Crippen molar-refractivity contribution >= 4 is 54.5 Å². The molecule has 0 radical (unpaired) electrons. The van der Waals surface area contributed by atoms with E-state index in [0.717, 1.165) is 12.1 Å². The van der Waals surface area contributed by atoms with E-state index in [1.54, 1.807) is 0 Å². The van der Waals surface area contributed by atoms with Crippen molar-refractivity contribution in [3.8, 4) is 22.3 Å². The maximum atomic E-state index is 2.51. The van der Waals surface area contributed by atoms with Crippen LogP contribution in [-0.4, -0.2) is 0 Å². The quantitative estimate of drug-likeness (QED) is 0.146. The zero-order chi connectivity index (χ0) is 40.0. The SMILES string of the molecule is CC1(c2cccc3c2ccc2ccccc23)C=CC(N(c2ccc(-c3ccc4ccccc4c3)cc2)c2ccccc2-c2cccc3cccc(C4CCCCC4)c23)=CC1. The van der Waals surface area contributed by atoms with Crippen molar-refractivity contribution in [1.29, 1.82) is 0 Å². The fraction of sp³-hybridized carbons (Fsp3) is 0.153. The van der Waals surface area contributed by atoms with Gasteiger partial charge in [-0.2, -0.15) is 0 Å². The summed E-state index contributed by atoms with van der Waals surface area (Å²) in [4.78, 5) is 2.51. The van der Waals surface area contributed by atoms with Gasteiger partial charge < -0.3 is 4.90 Å². The van der Waals surface area contributed by atoms with Crippen molar-refractivity contribution in [2.24, 2.45) is 0 Å². The summed E-state index contributed by atoms with van der Waals surface area (Å²) < 4.78 is 0. The molecule has 9 aromatic carbocycles. The van der Waals surface area contributed by atoms with E-state index in [0.29, 0.717) is 5.92 Å². The average Bonchev–Trinajstić information content (AvgIpc) is 3.32. The van der Waals surface area contributed by atoms with Gasteiger partial charge in [0, 0.05) is 22.4 Å². The summed E-state index contributed by atoms with van der Waals surface area (Å²) >= 11 is 0. The third-order valence-corrected chi connectivity index (χ3v) is 13.6. The Morgan fingerprint density at radius 1 is 0.500 bits per heavy atom. The highest BCUT2D eigenvalue weighted by atomic mass is 15.1. The third-order valence-electron chi connectivity index (χ3n) is 13.6. The topological polar surface area (TPSA) is 3.24 Å². The Kier molecular flexibility index (Phi) is 9.19. The van der Waals surface area contributed by atoms with Crippen LogP contribution in [0.4, 0.5) is 11.4 Å². The van der Waals surface area contributed by atoms with Crippen LogP contribution < -0.4 is 4.90 Å². The largest absolute Gasteiger partial charge is 0.310 e. The predicted molar refractivity (Wildman–Crippen MR) is 257 cm³/mol. The monoisotopic (exact) mass is 771 g/mol.